The zero-order valence-corrected chi connectivity index (χ0v) is 33.4. The van der Waals surface area contributed by atoms with Crippen LogP contribution in [0.2, 0.25) is 0 Å². The molecule has 294 valence electrons. The average molecular weight is 711 g/mol. The fourth-order valence-electron chi connectivity index (χ4n) is 6.14. The van der Waals surface area contributed by atoms with Gasteiger partial charge in [-0.15, -0.1) is 0 Å². The number of rotatable bonds is 37. The maximum absolute atomic E-state index is 12.6. The third-order valence-electron chi connectivity index (χ3n) is 9.41. The molecule has 0 spiro atoms. The summed E-state index contributed by atoms with van der Waals surface area (Å²) in [5.74, 6) is -1.46. The number of carboxylic acids is 1. The molecule has 0 aliphatic heterocycles. The number of carbonyl (C=O) groups excluding carboxylic acids is 2. The van der Waals surface area contributed by atoms with E-state index < -0.39 is 18.1 Å². The summed E-state index contributed by atoms with van der Waals surface area (Å²) < 4.78 is 17.2. The topological polar surface area (TPSA) is 99.1 Å². The molecule has 0 aliphatic rings. The predicted molar refractivity (Wildman–Crippen MR) is 206 cm³/mol. The monoisotopic (exact) mass is 711 g/mol. The fourth-order valence-corrected chi connectivity index (χ4v) is 6.14. The summed E-state index contributed by atoms with van der Waals surface area (Å²) in [5, 5.41) is 9.59. The Morgan fingerprint density at radius 3 is 1.46 bits per heavy atom. The van der Waals surface area contributed by atoms with Crippen LogP contribution in [0.15, 0.2) is 12.2 Å². The van der Waals surface area contributed by atoms with E-state index in [0.717, 1.165) is 38.5 Å². The van der Waals surface area contributed by atoms with Crippen molar-refractivity contribution >= 4 is 17.9 Å². The second kappa shape index (κ2) is 34.2. The molecule has 0 radical (unpaired) electrons. The van der Waals surface area contributed by atoms with Gasteiger partial charge in [0.2, 0.25) is 0 Å². The molecule has 50 heavy (non-hydrogen) atoms. The third kappa shape index (κ3) is 32.0. The van der Waals surface area contributed by atoms with Gasteiger partial charge in [0.15, 0.2) is 12.1 Å². The summed E-state index contributed by atoms with van der Waals surface area (Å²) in [6.45, 7) is 4.72. The number of ether oxygens (including phenoxy) is 3. The van der Waals surface area contributed by atoms with Crippen molar-refractivity contribution in [2.24, 2.45) is 0 Å². The van der Waals surface area contributed by atoms with Gasteiger partial charge in [-0.3, -0.25) is 9.59 Å². The lowest BCUT2D eigenvalue weighted by atomic mass is 10.1. The first-order chi connectivity index (χ1) is 24.1. The fraction of sp³-hybridized carbons (Fsp3) is 0.881. The lowest BCUT2D eigenvalue weighted by Gasteiger charge is -2.31. The Balaban J connectivity index is 4.35. The zero-order chi connectivity index (χ0) is 37.1. The van der Waals surface area contributed by atoms with Crippen LogP contribution < -0.4 is 0 Å². The van der Waals surface area contributed by atoms with Crippen molar-refractivity contribution in [2.45, 2.75) is 199 Å². The van der Waals surface area contributed by atoms with Gasteiger partial charge in [-0.05, 0) is 38.5 Å². The van der Waals surface area contributed by atoms with E-state index in [2.05, 4.69) is 26.0 Å². The largest absolute Gasteiger partial charge is 0.477 e. The van der Waals surface area contributed by atoms with Crippen molar-refractivity contribution in [3.63, 3.8) is 0 Å². The number of quaternary nitrogens is 1. The Kier molecular flexibility index (Phi) is 32.9. The molecule has 0 saturated heterocycles. The van der Waals surface area contributed by atoms with Gasteiger partial charge in [-0.1, -0.05) is 142 Å². The zero-order valence-electron chi connectivity index (χ0n) is 33.4. The average Bonchev–Trinajstić information content (AvgIpc) is 3.06. The lowest BCUT2D eigenvalue weighted by molar-refractivity contribution is -0.887. The molecule has 0 aromatic rings. The van der Waals surface area contributed by atoms with E-state index in [1.165, 1.54) is 116 Å². The van der Waals surface area contributed by atoms with E-state index in [4.69, 9.17) is 14.2 Å². The number of allylic oxidation sites excluding steroid dienone is 2. The number of hydrogen-bond donors (Lipinski definition) is 1. The summed E-state index contributed by atoms with van der Waals surface area (Å²) in [6, 6.07) is -0.609. The van der Waals surface area contributed by atoms with Gasteiger partial charge in [0, 0.05) is 19.3 Å². The third-order valence-corrected chi connectivity index (χ3v) is 9.41. The molecule has 0 aromatic carbocycles. The van der Waals surface area contributed by atoms with Gasteiger partial charge in [-0.25, -0.2) is 4.79 Å². The molecule has 0 rings (SSSR count). The highest BCUT2D eigenvalue weighted by Crippen LogP contribution is 2.14. The molecule has 0 aliphatic carbocycles. The first kappa shape index (κ1) is 48.1. The van der Waals surface area contributed by atoms with Gasteiger partial charge in [0.25, 0.3) is 0 Å². The summed E-state index contributed by atoms with van der Waals surface area (Å²) in [5.41, 5.74) is 0. The maximum Gasteiger partial charge on any atom is 0.362 e. The van der Waals surface area contributed by atoms with Crippen LogP contribution in [0, 0.1) is 0 Å². The molecule has 8 nitrogen and oxygen atoms in total. The van der Waals surface area contributed by atoms with Gasteiger partial charge in [-0.2, -0.15) is 0 Å². The second-order valence-electron chi connectivity index (χ2n) is 15.2. The molecule has 1 N–H and O–H groups in total. The van der Waals surface area contributed by atoms with Crippen molar-refractivity contribution in [3.8, 4) is 0 Å². The number of carbonyl (C=O) groups is 3. The number of unbranched alkanes of at least 4 members (excludes halogenated alkanes) is 21. The molecule has 8 heteroatoms. The van der Waals surface area contributed by atoms with E-state index in [1.54, 1.807) is 0 Å². The Morgan fingerprint density at radius 2 is 1.00 bits per heavy atom. The van der Waals surface area contributed by atoms with Crippen LogP contribution in [0.4, 0.5) is 0 Å². The maximum atomic E-state index is 12.6. The molecule has 0 aromatic heterocycles. The van der Waals surface area contributed by atoms with Crippen molar-refractivity contribution < 1.29 is 38.2 Å². The SMILES string of the molecule is CCCCCC/C=C/CCCCCCCCCC(=O)OCC(COCCC(C(=O)O)[N+](C)(C)C)OC(=O)CCCCCCCCCCCCC. The van der Waals surface area contributed by atoms with Gasteiger partial charge >= 0.3 is 17.9 Å². The number of likely N-dealkylation sites (N-methyl/N-ethyl adjacent to an activating group) is 1. The van der Waals surface area contributed by atoms with E-state index >= 15 is 0 Å². The molecule has 2 unspecified atom stereocenters. The molecule has 0 bridgehead atoms. The highest BCUT2D eigenvalue weighted by molar-refractivity contribution is 5.72. The highest BCUT2D eigenvalue weighted by atomic mass is 16.6. The number of aliphatic carboxylic acids is 1. The Bertz CT molecular complexity index is 838. The number of esters is 2. The minimum atomic E-state index is -0.874. The number of hydrogen-bond acceptors (Lipinski definition) is 6. The molecule has 2 atom stereocenters. The molecule has 0 saturated carbocycles. The second-order valence-corrected chi connectivity index (χ2v) is 15.2. The Labute approximate surface area is 308 Å². The highest BCUT2D eigenvalue weighted by Gasteiger charge is 2.31. The normalized spacial score (nSPS) is 13.1. The Hall–Kier alpha value is -1.93. The van der Waals surface area contributed by atoms with Crippen LogP contribution >= 0.6 is 0 Å². The molecular formula is C42H80NO7+. The first-order valence-electron chi connectivity index (χ1n) is 20.7. The van der Waals surface area contributed by atoms with E-state index in [1.807, 2.05) is 21.1 Å². The van der Waals surface area contributed by atoms with Crippen molar-refractivity contribution in [1.29, 1.82) is 0 Å². The van der Waals surface area contributed by atoms with Crippen LogP contribution in [0.5, 0.6) is 0 Å². The smallest absolute Gasteiger partial charge is 0.362 e. The minimum Gasteiger partial charge on any atom is -0.477 e. The molecular weight excluding hydrogens is 630 g/mol. The van der Waals surface area contributed by atoms with Crippen molar-refractivity contribution in [3.05, 3.63) is 12.2 Å². The van der Waals surface area contributed by atoms with E-state index in [0.29, 0.717) is 19.3 Å². The van der Waals surface area contributed by atoms with Crippen molar-refractivity contribution in [2.75, 3.05) is 41.0 Å². The van der Waals surface area contributed by atoms with Crippen LogP contribution in [0.1, 0.15) is 187 Å². The number of nitrogens with zero attached hydrogens (tertiary/aromatic N) is 1. The Morgan fingerprint density at radius 1 is 0.580 bits per heavy atom. The van der Waals surface area contributed by atoms with Gasteiger partial charge in [0.1, 0.15) is 6.61 Å². The standard InChI is InChI=1S/C42H79NO7/c1-6-8-10-12-14-16-18-19-20-21-23-24-26-28-30-32-40(44)49-37-38(36-48-35-34-39(42(46)47)43(3,4)5)50-41(45)33-31-29-27-25-22-17-15-13-11-9-7-2/h16,18,38-39H,6-15,17,19-37H2,1-5H3/p+1/b18-16+. The minimum absolute atomic E-state index is 0.0479. The van der Waals surface area contributed by atoms with Crippen LogP contribution in [-0.4, -0.2) is 80.6 Å². The molecule has 0 fully saturated rings. The lowest BCUT2D eigenvalue weighted by Crippen LogP contribution is -2.50. The number of carboxylic acid groups (broad SMARTS) is 1. The summed E-state index contributed by atoms with van der Waals surface area (Å²) in [4.78, 5) is 36.8. The van der Waals surface area contributed by atoms with E-state index in [9.17, 15) is 19.5 Å². The molecule has 0 heterocycles. The first-order valence-corrected chi connectivity index (χ1v) is 20.7. The van der Waals surface area contributed by atoms with Gasteiger partial charge < -0.3 is 23.8 Å². The van der Waals surface area contributed by atoms with E-state index in [-0.39, 0.29) is 36.2 Å². The summed E-state index contributed by atoms with van der Waals surface area (Å²) >= 11 is 0. The van der Waals surface area contributed by atoms with Crippen molar-refractivity contribution in [1.82, 2.24) is 0 Å². The quantitative estimate of drug-likeness (QED) is 0.0296. The van der Waals surface area contributed by atoms with Crippen LogP contribution in [0.25, 0.3) is 0 Å². The van der Waals surface area contributed by atoms with Gasteiger partial charge in [0.05, 0.1) is 34.4 Å². The summed E-state index contributed by atoms with van der Waals surface area (Å²) in [6.07, 6.45) is 33.9. The molecule has 0 amide bonds. The van der Waals surface area contributed by atoms with Crippen LogP contribution in [-0.2, 0) is 28.6 Å². The summed E-state index contributed by atoms with van der Waals surface area (Å²) in [7, 11) is 5.52. The van der Waals surface area contributed by atoms with Crippen LogP contribution in [0.3, 0.4) is 0 Å². The predicted octanol–water partition coefficient (Wildman–Crippen LogP) is 10.7.